The average Bonchev–Trinajstić information content (AvgIpc) is 1.41. The van der Waals surface area contributed by atoms with Crippen molar-refractivity contribution in [3.63, 3.8) is 0 Å². The third-order valence-corrected chi connectivity index (χ3v) is 0.156. The fourth-order valence-corrected chi connectivity index (χ4v) is 0.0417. The van der Waals surface area contributed by atoms with Crippen LogP contribution in [0.25, 0.3) is 0 Å². The number of terminal acetylenes is 1. The molecule has 0 aromatic heterocycles. The van der Waals surface area contributed by atoms with Gasteiger partial charge < -0.3 is 0 Å². The van der Waals surface area contributed by atoms with Crippen molar-refractivity contribution in [1.29, 1.82) is 0 Å². The molecule has 0 heteroatoms. The Labute approximate surface area is 32.2 Å². The first-order valence-corrected chi connectivity index (χ1v) is 1.12. The van der Waals surface area contributed by atoms with Gasteiger partial charge in [0.15, 0.2) is 0 Å². The molecule has 0 unspecified atom stereocenters. The molecular weight excluding hydrogens is 60.1 g/mol. The molecule has 0 N–H and O–H groups in total. The minimum absolute atomic E-state index is 1.19. The Bertz CT molecular complexity index is 65.2. The van der Waals surface area contributed by atoms with Gasteiger partial charge in [-0.1, -0.05) is 0 Å². The maximum absolute atomic E-state index is 6.15. The first-order chi connectivity index (χ1) is 2.41. The van der Waals surface area contributed by atoms with Gasteiger partial charge in [-0.15, -0.1) is 0 Å². The third-order valence-electron chi connectivity index (χ3n) is 0.156. The average molecular weight is 62.1 g/mol. The van der Waals surface area contributed by atoms with E-state index in [0.717, 1.165) is 0 Å². The van der Waals surface area contributed by atoms with Crippen LogP contribution >= 0.6 is 0 Å². The van der Waals surface area contributed by atoms with Crippen LogP contribution in [-0.4, -0.2) is 0 Å². The standard InChI is InChI=1S/C5H2/c1-3-5-4-2/h1,5H/q+1. The second-order valence-electron chi connectivity index (χ2n) is 0.455. The van der Waals surface area contributed by atoms with Crippen LogP contribution in [0.5, 0.6) is 0 Å². The van der Waals surface area contributed by atoms with Gasteiger partial charge in [-0.3, -0.25) is 0 Å². The Balaban J connectivity index is 2.86. The van der Waals surface area contributed by atoms with E-state index in [1.54, 1.807) is 0 Å². The summed E-state index contributed by atoms with van der Waals surface area (Å²) in [7, 11) is 0. The van der Waals surface area contributed by atoms with Crippen LogP contribution in [0, 0.1) is 31.1 Å². The molecule has 0 aromatic rings. The van der Waals surface area contributed by atoms with E-state index >= 15 is 0 Å². The van der Waals surface area contributed by atoms with Crippen LogP contribution in [0.1, 0.15) is 0 Å². The zero-order valence-electron chi connectivity index (χ0n) is 2.65. The molecule has 0 saturated heterocycles. The van der Waals surface area contributed by atoms with Gasteiger partial charge in [-0.2, -0.15) is 0 Å². The molecule has 0 heterocycles. The van der Waals surface area contributed by atoms with Crippen molar-refractivity contribution in [1.82, 2.24) is 0 Å². The van der Waals surface area contributed by atoms with Crippen LogP contribution < -0.4 is 0 Å². The molecule has 0 fully saturated rings. The van der Waals surface area contributed by atoms with E-state index in [4.69, 9.17) is 6.42 Å². The maximum atomic E-state index is 6.15. The monoisotopic (exact) mass is 62.0 g/mol. The summed E-state index contributed by atoms with van der Waals surface area (Å²) in [5.41, 5.74) is 0. The predicted octanol–water partition coefficient (Wildman–Crippen LogP) is 0.414. The second-order valence-corrected chi connectivity index (χ2v) is 0.455. The topological polar surface area (TPSA) is 0 Å². The van der Waals surface area contributed by atoms with Gasteiger partial charge in [-0.05, 0) is 0 Å². The molecule has 0 nitrogen and oxygen atoms in total. The molecule has 0 saturated carbocycles. The van der Waals surface area contributed by atoms with E-state index in [1.165, 1.54) is 6.42 Å². The van der Waals surface area contributed by atoms with Crippen LogP contribution in [0.3, 0.4) is 0 Å². The fourth-order valence-electron chi connectivity index (χ4n) is 0.0417. The molecule has 0 aliphatic heterocycles. The van der Waals surface area contributed by atoms with Gasteiger partial charge in [0.25, 0.3) is 0 Å². The predicted molar refractivity (Wildman–Crippen MR) is 20.3 cm³/mol. The normalized spacial score (nSPS) is 5.00. The van der Waals surface area contributed by atoms with Crippen molar-refractivity contribution < 1.29 is 0 Å². The van der Waals surface area contributed by atoms with Gasteiger partial charge in [-0.25, -0.2) is 0 Å². The van der Waals surface area contributed by atoms with Crippen LogP contribution in [0.2, 0.25) is 0 Å². The van der Waals surface area contributed by atoms with Gasteiger partial charge >= 0.3 is 31.1 Å². The van der Waals surface area contributed by atoms with Crippen LogP contribution in [-0.2, 0) is 0 Å². The number of hydrogen-bond donors (Lipinski definition) is 0. The summed E-state index contributed by atoms with van der Waals surface area (Å²) >= 11 is 0. The van der Waals surface area contributed by atoms with Crippen molar-refractivity contribution in [2.24, 2.45) is 0 Å². The molecule has 0 aliphatic carbocycles. The fraction of sp³-hybridized carbons (Fsp3) is 0. The molecule has 0 spiro atoms. The summed E-state index contributed by atoms with van der Waals surface area (Å²) in [5, 5.41) is 0. The Morgan fingerprint density at radius 2 is 2.40 bits per heavy atom. The van der Waals surface area contributed by atoms with Gasteiger partial charge in [0.1, 0.15) is 0 Å². The van der Waals surface area contributed by atoms with Crippen molar-refractivity contribution in [3.05, 3.63) is 12.8 Å². The number of rotatable bonds is 0. The molecule has 0 bridgehead atoms. The molecule has 0 amide bonds. The molecule has 21 valence electrons. The zero-order valence-corrected chi connectivity index (χ0v) is 2.65. The summed E-state index contributed by atoms with van der Waals surface area (Å²) in [6.45, 7) is 0. The molecule has 1 radical (unpaired) electrons. The van der Waals surface area contributed by atoms with E-state index in [0.29, 0.717) is 0 Å². The summed E-state index contributed by atoms with van der Waals surface area (Å²) < 4.78 is 0. The van der Waals surface area contributed by atoms with Crippen LogP contribution in [0.15, 0.2) is 0 Å². The quantitative estimate of drug-likeness (QED) is 0.281. The van der Waals surface area contributed by atoms with Gasteiger partial charge in [0.2, 0.25) is 0 Å². The minimum atomic E-state index is 1.19. The van der Waals surface area contributed by atoms with Crippen molar-refractivity contribution in [2.45, 2.75) is 0 Å². The molecule has 0 rings (SSSR count). The van der Waals surface area contributed by atoms with Crippen molar-refractivity contribution in [2.75, 3.05) is 0 Å². The second kappa shape index (κ2) is 3.34. The molecule has 0 aromatic carbocycles. The summed E-state index contributed by atoms with van der Waals surface area (Å²) in [6.07, 6.45) is 12.0. The van der Waals surface area contributed by atoms with E-state index < -0.39 is 0 Å². The van der Waals surface area contributed by atoms with Crippen molar-refractivity contribution >= 4 is 0 Å². The Morgan fingerprint density at radius 3 is 2.40 bits per heavy atom. The zero-order chi connectivity index (χ0) is 4.12. The van der Waals surface area contributed by atoms with Crippen LogP contribution in [0.4, 0.5) is 0 Å². The van der Waals surface area contributed by atoms with E-state index in [1.807, 2.05) is 5.92 Å². The van der Waals surface area contributed by atoms with E-state index in [9.17, 15) is 0 Å². The van der Waals surface area contributed by atoms with Gasteiger partial charge in [0.05, 0.1) is 0 Å². The number of hydrogen-bond acceptors (Lipinski definition) is 0. The SMILES string of the molecule is [C+]#C[CH]C#C. The Morgan fingerprint density at radius 1 is 1.80 bits per heavy atom. The summed E-state index contributed by atoms with van der Waals surface area (Å²) in [6, 6.07) is 0. The first kappa shape index (κ1) is 4.34. The summed E-state index contributed by atoms with van der Waals surface area (Å²) in [5.74, 6) is 4.00. The Hall–Kier alpha value is -0.660. The first-order valence-electron chi connectivity index (χ1n) is 1.12. The van der Waals surface area contributed by atoms with Gasteiger partial charge in [0, 0.05) is 0 Å². The Kier molecular flexibility index (Phi) is 2.90. The molecular formula is C5H2+. The van der Waals surface area contributed by atoms with Crippen molar-refractivity contribution in [3.8, 4) is 18.3 Å². The molecule has 0 aliphatic rings. The molecule has 5 heavy (non-hydrogen) atoms. The van der Waals surface area contributed by atoms with E-state index in [-0.39, 0.29) is 0 Å². The van der Waals surface area contributed by atoms with E-state index in [2.05, 4.69) is 12.3 Å². The third kappa shape index (κ3) is 3.34. The molecule has 0 atom stereocenters. The summed E-state index contributed by atoms with van der Waals surface area (Å²) in [4.78, 5) is 0.